The van der Waals surface area contributed by atoms with E-state index in [0.29, 0.717) is 31.3 Å². The zero-order chi connectivity index (χ0) is 39.8. The van der Waals surface area contributed by atoms with E-state index < -0.39 is 25.5 Å². The molecule has 3 fully saturated rings. The van der Waals surface area contributed by atoms with Crippen molar-refractivity contribution in [2.75, 3.05) is 6.61 Å². The van der Waals surface area contributed by atoms with Gasteiger partial charge in [-0.25, -0.2) is 4.79 Å². The molecule has 0 radical (unpaired) electrons. The molecule has 6 atom stereocenters. The molecule has 4 aliphatic carbocycles. The van der Waals surface area contributed by atoms with Gasteiger partial charge in [-0.15, -0.1) is 0 Å². The fourth-order valence-corrected chi connectivity index (χ4v) is 16.8. The molecule has 0 N–H and O–H groups in total. The summed E-state index contributed by atoms with van der Waals surface area (Å²) in [5.74, 6) is 1.39. The Morgan fingerprint density at radius 3 is 2.04 bits per heavy atom. The molecule has 0 heterocycles. The molecule has 56 heavy (non-hydrogen) atoms. The Hall–Kier alpha value is -3.81. The van der Waals surface area contributed by atoms with Crippen LogP contribution in [0.2, 0.25) is 5.04 Å². The average Bonchev–Trinajstić information content (AvgIpc) is 3.51. The SMILES string of the molecule is CCOC(=O)O[C@]1(C(C)=O)CC[C@H]2[C@@H]3CCC4=CC(=O)CC[C@@]4(C)[C@@H]3CC[C@@]21CCCc1ccc(CO[Si](c2ccccc2)(c2ccccc2)C(C)(C)C)cc1. The van der Waals surface area contributed by atoms with Gasteiger partial charge in [-0.3, -0.25) is 9.59 Å². The van der Waals surface area contributed by atoms with Gasteiger partial charge in [-0.1, -0.05) is 118 Å². The van der Waals surface area contributed by atoms with Crippen LogP contribution in [0.3, 0.4) is 0 Å². The number of ketones is 2. The summed E-state index contributed by atoms with van der Waals surface area (Å²) in [5, 5.41) is 2.45. The number of ether oxygens (including phenoxy) is 2. The van der Waals surface area contributed by atoms with Crippen LogP contribution in [0.15, 0.2) is 96.6 Å². The second kappa shape index (κ2) is 15.9. The fraction of sp³-hybridized carbons (Fsp3) is 0.531. The summed E-state index contributed by atoms with van der Waals surface area (Å²) >= 11 is 0. The van der Waals surface area contributed by atoms with Crippen LogP contribution in [0.5, 0.6) is 0 Å². The van der Waals surface area contributed by atoms with Crippen LogP contribution in [-0.2, 0) is 36.5 Å². The van der Waals surface area contributed by atoms with Gasteiger partial charge in [-0.05, 0) is 134 Å². The van der Waals surface area contributed by atoms with E-state index >= 15 is 0 Å². The van der Waals surface area contributed by atoms with Gasteiger partial charge >= 0.3 is 6.16 Å². The van der Waals surface area contributed by atoms with Crippen molar-refractivity contribution in [3.8, 4) is 0 Å². The van der Waals surface area contributed by atoms with Gasteiger partial charge in [-0.2, -0.15) is 0 Å². The maximum absolute atomic E-state index is 13.9. The van der Waals surface area contributed by atoms with Crippen LogP contribution < -0.4 is 10.4 Å². The highest BCUT2D eigenvalue weighted by Gasteiger charge is 2.69. The van der Waals surface area contributed by atoms with Crippen molar-refractivity contribution >= 4 is 36.4 Å². The number of aryl methyl sites for hydroxylation is 1. The van der Waals surface area contributed by atoms with Crippen LogP contribution in [0.1, 0.15) is 117 Å². The Labute approximate surface area is 335 Å². The number of hydrogen-bond donors (Lipinski definition) is 0. The highest BCUT2D eigenvalue weighted by Crippen LogP contribution is 2.70. The van der Waals surface area contributed by atoms with Crippen molar-refractivity contribution in [1.82, 2.24) is 0 Å². The molecule has 3 aromatic rings. The van der Waals surface area contributed by atoms with Gasteiger partial charge in [0.15, 0.2) is 17.2 Å². The Kier molecular flexibility index (Phi) is 11.4. The normalized spacial score (nSPS) is 28.7. The maximum atomic E-state index is 13.9. The molecule has 6 nitrogen and oxygen atoms in total. The second-order valence-corrected chi connectivity index (χ2v) is 22.8. The standard InChI is InChI=1S/C49H62O6Si/c1-7-53-45(52)55-49(35(2)50)32-28-44-42-25-24-38-33-39(51)26-30-47(38,6)43(42)27-31-48(44,49)29-14-15-36-20-22-37(23-21-36)34-54-56(46(3,4)5,40-16-10-8-11-17-40)41-18-12-9-13-19-41/h8-13,16-23,33,42-44H,7,14-15,24-32,34H2,1-6H3/t42-,43-,44+,47-,48+,49+/m1/s1. The summed E-state index contributed by atoms with van der Waals surface area (Å²) in [6.07, 6.45) is 10.5. The number of Topliss-reactive ketones (excluding diaryl/α,β-unsaturated/α-hetero) is 1. The molecule has 298 valence electrons. The molecular weight excluding hydrogens is 713 g/mol. The van der Waals surface area contributed by atoms with Crippen LogP contribution in [-0.4, -0.2) is 38.2 Å². The van der Waals surface area contributed by atoms with Crippen LogP contribution >= 0.6 is 0 Å². The van der Waals surface area contributed by atoms with Crippen LogP contribution in [0.4, 0.5) is 4.79 Å². The van der Waals surface area contributed by atoms with Crippen LogP contribution in [0, 0.1) is 28.6 Å². The highest BCUT2D eigenvalue weighted by atomic mass is 28.4. The van der Waals surface area contributed by atoms with Crippen molar-refractivity contribution in [2.24, 2.45) is 28.6 Å². The van der Waals surface area contributed by atoms with Gasteiger partial charge in [0, 0.05) is 11.8 Å². The van der Waals surface area contributed by atoms with Crippen LogP contribution in [0.25, 0.3) is 0 Å². The molecule has 0 unspecified atom stereocenters. The van der Waals surface area contributed by atoms with Gasteiger partial charge in [0.05, 0.1) is 13.2 Å². The monoisotopic (exact) mass is 774 g/mol. The van der Waals surface area contributed by atoms with Gasteiger partial charge < -0.3 is 13.9 Å². The van der Waals surface area contributed by atoms with Gasteiger partial charge in [0.1, 0.15) is 0 Å². The van der Waals surface area contributed by atoms with Gasteiger partial charge in [0.2, 0.25) is 0 Å². The van der Waals surface area contributed by atoms with E-state index in [1.54, 1.807) is 13.8 Å². The Bertz CT molecular complexity index is 1880. The minimum Gasteiger partial charge on any atom is -0.435 e. The lowest BCUT2D eigenvalue weighted by Gasteiger charge is -2.60. The number of benzene rings is 3. The topological polar surface area (TPSA) is 78.9 Å². The largest absolute Gasteiger partial charge is 0.509 e. The number of allylic oxidation sites excluding steroid dienone is 1. The minimum atomic E-state index is -2.66. The first-order chi connectivity index (χ1) is 26.8. The molecule has 4 aliphatic rings. The number of carbonyl (C=O) groups is 3. The third kappa shape index (κ3) is 6.95. The zero-order valence-electron chi connectivity index (χ0n) is 34.5. The predicted molar refractivity (Wildman–Crippen MR) is 224 cm³/mol. The minimum absolute atomic E-state index is 0.0230. The number of hydrogen-bond acceptors (Lipinski definition) is 6. The first-order valence-electron chi connectivity index (χ1n) is 21.2. The summed E-state index contributed by atoms with van der Waals surface area (Å²) in [6.45, 7) is 13.4. The number of rotatable bonds is 12. The summed E-state index contributed by atoms with van der Waals surface area (Å²) < 4.78 is 18.8. The summed E-state index contributed by atoms with van der Waals surface area (Å²) in [7, 11) is -2.66. The maximum Gasteiger partial charge on any atom is 0.509 e. The first-order valence-corrected chi connectivity index (χ1v) is 23.1. The van der Waals surface area contributed by atoms with E-state index in [0.717, 1.165) is 63.4 Å². The number of fused-ring (bicyclic) bond motifs is 5. The quantitative estimate of drug-likeness (QED) is 0.135. The third-order valence-corrected chi connectivity index (χ3v) is 19.8. The van der Waals surface area contributed by atoms with E-state index in [2.05, 4.69) is 113 Å². The zero-order valence-corrected chi connectivity index (χ0v) is 35.5. The number of carbonyl (C=O) groups excluding carboxylic acids is 3. The lowest BCUT2D eigenvalue weighted by Crippen LogP contribution is -2.66. The lowest BCUT2D eigenvalue weighted by atomic mass is 9.45. The molecule has 0 aliphatic heterocycles. The fourth-order valence-electron chi connectivity index (χ4n) is 12.3. The van der Waals surface area contributed by atoms with Crippen molar-refractivity contribution in [1.29, 1.82) is 0 Å². The van der Waals surface area contributed by atoms with Crippen molar-refractivity contribution in [2.45, 2.75) is 129 Å². The molecule has 0 spiro atoms. The molecule has 0 aromatic heterocycles. The molecule has 3 aromatic carbocycles. The predicted octanol–water partition coefficient (Wildman–Crippen LogP) is 10.1. The molecule has 0 amide bonds. The van der Waals surface area contributed by atoms with E-state index in [1.165, 1.54) is 21.5 Å². The van der Waals surface area contributed by atoms with Crippen molar-refractivity contribution < 1.29 is 28.3 Å². The molecule has 0 bridgehead atoms. The molecule has 0 saturated heterocycles. The third-order valence-electron chi connectivity index (χ3n) is 14.9. The highest BCUT2D eigenvalue weighted by molar-refractivity contribution is 6.99. The lowest BCUT2D eigenvalue weighted by molar-refractivity contribution is -0.172. The Morgan fingerprint density at radius 1 is 0.804 bits per heavy atom. The van der Waals surface area contributed by atoms with Crippen molar-refractivity contribution in [3.63, 3.8) is 0 Å². The smallest absolute Gasteiger partial charge is 0.435 e. The molecule has 7 heteroatoms. The van der Waals surface area contributed by atoms with E-state index in [1.807, 2.05) is 6.08 Å². The second-order valence-electron chi connectivity index (χ2n) is 18.5. The van der Waals surface area contributed by atoms with E-state index in [4.69, 9.17) is 13.9 Å². The van der Waals surface area contributed by atoms with E-state index in [-0.39, 0.29) is 34.5 Å². The average molecular weight is 775 g/mol. The summed E-state index contributed by atoms with van der Waals surface area (Å²) in [4.78, 5) is 39.5. The molecular formula is C49H62O6Si. The first kappa shape index (κ1) is 40.4. The van der Waals surface area contributed by atoms with E-state index in [9.17, 15) is 14.4 Å². The summed E-state index contributed by atoms with van der Waals surface area (Å²) in [5.41, 5.74) is 2.13. The molecule has 7 rings (SSSR count). The Morgan fingerprint density at radius 2 is 1.43 bits per heavy atom. The van der Waals surface area contributed by atoms with Crippen molar-refractivity contribution in [3.05, 3.63) is 108 Å². The Balaban J connectivity index is 1.11. The summed E-state index contributed by atoms with van der Waals surface area (Å²) in [6, 6.07) is 30.4. The molecule has 3 saturated carbocycles. The van der Waals surface area contributed by atoms with Gasteiger partial charge in [0.25, 0.3) is 8.32 Å².